The second-order valence-electron chi connectivity index (χ2n) is 4.57. The third-order valence-corrected chi connectivity index (χ3v) is 2.76. The second kappa shape index (κ2) is 4.19. The molecule has 82 valence electrons. The molecule has 0 aromatic carbocycles. The molecule has 3 heteroatoms. The molecule has 1 saturated carbocycles. The van der Waals surface area contributed by atoms with Crippen molar-refractivity contribution in [2.45, 2.75) is 31.7 Å². The molecular formula is C12H19N3. The lowest BCUT2D eigenvalue weighted by Crippen LogP contribution is -2.32. The summed E-state index contributed by atoms with van der Waals surface area (Å²) in [5.74, 6) is 0.716. The Morgan fingerprint density at radius 2 is 2.33 bits per heavy atom. The summed E-state index contributed by atoms with van der Waals surface area (Å²) in [6.45, 7) is 2.91. The van der Waals surface area contributed by atoms with Crippen LogP contribution in [0.1, 0.15) is 31.4 Å². The summed E-state index contributed by atoms with van der Waals surface area (Å²) >= 11 is 0. The molecule has 2 rings (SSSR count). The third kappa shape index (κ3) is 2.69. The Balaban J connectivity index is 2.09. The largest absolute Gasteiger partial charge is 0.373 e. The Bertz CT molecular complexity index is 331. The standard InChI is InChI=1S/C12H19N3/c1-9(13)8-15(2)11-5-6-14-12(7-11)10-3-4-10/h5-7,9-10H,3-4,8,13H2,1-2H3. The monoisotopic (exact) mass is 205 g/mol. The first-order valence-electron chi connectivity index (χ1n) is 5.59. The molecular weight excluding hydrogens is 186 g/mol. The van der Waals surface area contributed by atoms with Gasteiger partial charge in [0.2, 0.25) is 0 Å². The van der Waals surface area contributed by atoms with Crippen LogP contribution in [0.2, 0.25) is 0 Å². The number of pyridine rings is 1. The van der Waals surface area contributed by atoms with Crippen LogP contribution in [-0.4, -0.2) is 24.6 Å². The molecule has 0 saturated heterocycles. The van der Waals surface area contributed by atoms with Gasteiger partial charge in [-0.1, -0.05) is 0 Å². The number of hydrogen-bond acceptors (Lipinski definition) is 3. The first-order chi connectivity index (χ1) is 7.16. The van der Waals surface area contributed by atoms with Gasteiger partial charge in [-0.25, -0.2) is 0 Å². The number of nitrogens with two attached hydrogens (primary N) is 1. The molecule has 0 spiro atoms. The van der Waals surface area contributed by atoms with E-state index in [1.54, 1.807) is 0 Å². The second-order valence-corrected chi connectivity index (χ2v) is 4.57. The van der Waals surface area contributed by atoms with Crippen LogP contribution in [0.5, 0.6) is 0 Å². The van der Waals surface area contributed by atoms with E-state index < -0.39 is 0 Å². The van der Waals surface area contributed by atoms with Crippen LogP contribution in [0.3, 0.4) is 0 Å². The van der Waals surface area contributed by atoms with Crippen LogP contribution in [0, 0.1) is 0 Å². The van der Waals surface area contributed by atoms with Crippen LogP contribution in [0.4, 0.5) is 5.69 Å². The van der Waals surface area contributed by atoms with Crippen LogP contribution in [0.25, 0.3) is 0 Å². The molecule has 0 radical (unpaired) electrons. The van der Waals surface area contributed by atoms with Gasteiger partial charge in [-0.05, 0) is 31.9 Å². The van der Waals surface area contributed by atoms with Crippen LogP contribution in [-0.2, 0) is 0 Å². The van der Waals surface area contributed by atoms with Crippen molar-refractivity contribution in [2.24, 2.45) is 5.73 Å². The Morgan fingerprint density at radius 1 is 1.60 bits per heavy atom. The lowest BCUT2D eigenvalue weighted by atomic mass is 10.2. The molecule has 1 unspecified atom stereocenters. The zero-order valence-electron chi connectivity index (χ0n) is 9.48. The molecule has 1 fully saturated rings. The molecule has 15 heavy (non-hydrogen) atoms. The molecule has 1 atom stereocenters. The number of nitrogens with zero attached hydrogens (tertiary/aromatic N) is 2. The summed E-state index contributed by atoms with van der Waals surface area (Å²) in [4.78, 5) is 6.60. The van der Waals surface area contributed by atoms with E-state index in [-0.39, 0.29) is 6.04 Å². The van der Waals surface area contributed by atoms with Crippen molar-refractivity contribution >= 4 is 5.69 Å². The van der Waals surface area contributed by atoms with Crippen molar-refractivity contribution in [1.82, 2.24) is 4.98 Å². The molecule has 1 aromatic heterocycles. The van der Waals surface area contributed by atoms with Crippen molar-refractivity contribution in [3.8, 4) is 0 Å². The Hall–Kier alpha value is -1.09. The van der Waals surface area contributed by atoms with Crippen molar-refractivity contribution in [3.63, 3.8) is 0 Å². The Labute approximate surface area is 91.3 Å². The van der Waals surface area contributed by atoms with Gasteiger partial charge in [-0.2, -0.15) is 0 Å². The van der Waals surface area contributed by atoms with E-state index in [9.17, 15) is 0 Å². The van der Waals surface area contributed by atoms with Gasteiger partial charge in [0.05, 0.1) is 0 Å². The maximum absolute atomic E-state index is 5.78. The number of aromatic nitrogens is 1. The van der Waals surface area contributed by atoms with Crippen LogP contribution < -0.4 is 10.6 Å². The molecule has 1 aliphatic rings. The molecule has 3 nitrogen and oxygen atoms in total. The van der Waals surface area contributed by atoms with E-state index in [0.717, 1.165) is 6.54 Å². The van der Waals surface area contributed by atoms with Crippen LogP contribution in [0.15, 0.2) is 18.3 Å². The van der Waals surface area contributed by atoms with Crippen molar-refractivity contribution in [1.29, 1.82) is 0 Å². The number of hydrogen-bond donors (Lipinski definition) is 1. The minimum Gasteiger partial charge on any atom is -0.373 e. The lowest BCUT2D eigenvalue weighted by molar-refractivity contribution is 0.717. The summed E-state index contributed by atoms with van der Waals surface area (Å²) in [6, 6.07) is 4.45. The highest BCUT2D eigenvalue weighted by atomic mass is 15.1. The number of rotatable bonds is 4. The maximum Gasteiger partial charge on any atom is 0.0455 e. The van der Waals surface area contributed by atoms with Gasteiger partial charge >= 0.3 is 0 Å². The molecule has 0 amide bonds. The molecule has 0 aliphatic heterocycles. The molecule has 1 heterocycles. The third-order valence-electron chi connectivity index (χ3n) is 2.76. The van der Waals surface area contributed by atoms with E-state index in [1.165, 1.54) is 24.2 Å². The fourth-order valence-electron chi connectivity index (χ4n) is 1.81. The average molecular weight is 205 g/mol. The van der Waals surface area contributed by atoms with Gasteiger partial charge in [0.1, 0.15) is 0 Å². The van der Waals surface area contributed by atoms with Gasteiger partial charge in [-0.15, -0.1) is 0 Å². The first kappa shape index (κ1) is 10.4. The van der Waals surface area contributed by atoms with Crippen LogP contribution >= 0.6 is 0 Å². The van der Waals surface area contributed by atoms with E-state index in [0.29, 0.717) is 5.92 Å². The maximum atomic E-state index is 5.78. The summed E-state index contributed by atoms with van der Waals surface area (Å²) in [5.41, 5.74) is 8.25. The topological polar surface area (TPSA) is 42.1 Å². The zero-order valence-corrected chi connectivity index (χ0v) is 9.48. The van der Waals surface area contributed by atoms with Gasteiger partial charge in [0.15, 0.2) is 0 Å². The highest BCUT2D eigenvalue weighted by molar-refractivity contribution is 5.46. The van der Waals surface area contributed by atoms with Gasteiger partial charge < -0.3 is 10.6 Å². The predicted molar refractivity (Wildman–Crippen MR) is 63.1 cm³/mol. The molecule has 1 aromatic rings. The fourth-order valence-corrected chi connectivity index (χ4v) is 1.81. The minimum absolute atomic E-state index is 0.201. The minimum atomic E-state index is 0.201. The Morgan fingerprint density at radius 3 is 2.93 bits per heavy atom. The summed E-state index contributed by atoms with van der Waals surface area (Å²) in [7, 11) is 2.08. The van der Waals surface area contributed by atoms with Gasteiger partial charge in [0, 0.05) is 43.1 Å². The van der Waals surface area contributed by atoms with Crippen molar-refractivity contribution in [3.05, 3.63) is 24.0 Å². The van der Waals surface area contributed by atoms with Crippen molar-refractivity contribution < 1.29 is 0 Å². The van der Waals surface area contributed by atoms with E-state index in [1.807, 2.05) is 19.2 Å². The lowest BCUT2D eigenvalue weighted by Gasteiger charge is -2.21. The van der Waals surface area contributed by atoms with E-state index in [4.69, 9.17) is 5.73 Å². The average Bonchev–Trinajstić information content (AvgIpc) is 3.00. The molecule has 1 aliphatic carbocycles. The number of anilines is 1. The summed E-state index contributed by atoms with van der Waals surface area (Å²) < 4.78 is 0. The Kier molecular flexibility index (Phi) is 2.91. The smallest absolute Gasteiger partial charge is 0.0455 e. The summed E-state index contributed by atoms with van der Waals surface area (Å²) in [5, 5.41) is 0. The summed E-state index contributed by atoms with van der Waals surface area (Å²) in [6.07, 6.45) is 4.50. The van der Waals surface area contributed by atoms with Gasteiger partial charge in [0.25, 0.3) is 0 Å². The van der Waals surface area contributed by atoms with Crippen molar-refractivity contribution in [2.75, 3.05) is 18.5 Å². The molecule has 0 bridgehead atoms. The first-order valence-corrected chi connectivity index (χ1v) is 5.59. The highest BCUT2D eigenvalue weighted by Gasteiger charge is 2.25. The van der Waals surface area contributed by atoms with E-state index >= 15 is 0 Å². The predicted octanol–water partition coefficient (Wildman–Crippen LogP) is 1.74. The van der Waals surface area contributed by atoms with Gasteiger partial charge in [-0.3, -0.25) is 4.98 Å². The zero-order chi connectivity index (χ0) is 10.8. The molecule has 2 N–H and O–H groups in total. The van der Waals surface area contributed by atoms with E-state index in [2.05, 4.69) is 23.0 Å². The number of likely N-dealkylation sites (N-methyl/N-ethyl adjacent to an activating group) is 1. The highest BCUT2D eigenvalue weighted by Crippen LogP contribution is 2.39. The normalized spacial score (nSPS) is 17.5. The quantitative estimate of drug-likeness (QED) is 0.814. The SMILES string of the molecule is CC(N)CN(C)c1ccnc(C2CC2)c1. The fraction of sp³-hybridized carbons (Fsp3) is 0.583.